The van der Waals surface area contributed by atoms with E-state index >= 15 is 0 Å². The second-order valence-corrected chi connectivity index (χ2v) is 6.44. The van der Waals surface area contributed by atoms with Crippen LogP contribution in [0.3, 0.4) is 0 Å². The normalized spacial score (nSPS) is 29.1. The lowest BCUT2D eigenvalue weighted by Gasteiger charge is -2.38. The molecule has 0 aromatic rings. The zero-order valence-corrected chi connectivity index (χ0v) is 11.7. The monoisotopic (exact) mass is 227 g/mol. The van der Waals surface area contributed by atoms with Gasteiger partial charge in [0.15, 0.2) is 0 Å². The van der Waals surface area contributed by atoms with E-state index in [9.17, 15) is 0 Å². The van der Waals surface area contributed by atoms with E-state index < -0.39 is 0 Å². The van der Waals surface area contributed by atoms with Gasteiger partial charge in [0.25, 0.3) is 0 Å². The second-order valence-electron chi connectivity index (χ2n) is 6.44. The van der Waals surface area contributed by atoms with Crippen molar-refractivity contribution in [3.63, 3.8) is 0 Å². The number of nitrogens with one attached hydrogen (secondary N) is 1. The topological polar surface area (TPSA) is 21.3 Å². The van der Waals surface area contributed by atoms with Gasteiger partial charge in [0, 0.05) is 19.2 Å². The van der Waals surface area contributed by atoms with Crippen LogP contribution >= 0.6 is 0 Å². The van der Waals surface area contributed by atoms with Crippen molar-refractivity contribution < 1.29 is 4.74 Å². The van der Waals surface area contributed by atoms with Crippen molar-refractivity contribution in [2.24, 2.45) is 11.3 Å². The van der Waals surface area contributed by atoms with Crippen LogP contribution < -0.4 is 5.32 Å². The molecule has 0 aliphatic heterocycles. The van der Waals surface area contributed by atoms with Crippen LogP contribution in [0.15, 0.2) is 0 Å². The quantitative estimate of drug-likeness (QED) is 0.796. The maximum absolute atomic E-state index is 5.16. The Morgan fingerprint density at radius 3 is 2.19 bits per heavy atom. The molecule has 0 bridgehead atoms. The highest BCUT2D eigenvalue weighted by Crippen LogP contribution is 2.37. The standard InChI is InChI=1S/C14H29NO/c1-11(10-16-5)15-13-8-6-12(7-9-13)14(2,3)4/h11-13,15H,6-10H2,1-5H3. The van der Waals surface area contributed by atoms with Gasteiger partial charge in [-0.25, -0.2) is 0 Å². The predicted molar refractivity (Wildman–Crippen MR) is 69.7 cm³/mol. The summed E-state index contributed by atoms with van der Waals surface area (Å²) in [7, 11) is 1.77. The Labute approximate surface area is 101 Å². The molecule has 1 unspecified atom stereocenters. The zero-order chi connectivity index (χ0) is 12.2. The molecule has 0 aromatic carbocycles. The highest BCUT2D eigenvalue weighted by molar-refractivity contribution is 4.84. The molecule has 1 atom stereocenters. The molecule has 1 N–H and O–H groups in total. The van der Waals surface area contributed by atoms with Gasteiger partial charge in [-0.2, -0.15) is 0 Å². The number of methoxy groups -OCH3 is 1. The van der Waals surface area contributed by atoms with Crippen molar-refractivity contribution in [2.45, 2.75) is 65.5 Å². The minimum atomic E-state index is 0.487. The Morgan fingerprint density at radius 2 is 1.75 bits per heavy atom. The van der Waals surface area contributed by atoms with E-state index in [4.69, 9.17) is 4.74 Å². The summed E-state index contributed by atoms with van der Waals surface area (Å²) in [5, 5.41) is 3.67. The Hall–Kier alpha value is -0.0800. The van der Waals surface area contributed by atoms with Crippen LogP contribution in [0.25, 0.3) is 0 Å². The molecular formula is C14H29NO. The van der Waals surface area contributed by atoms with Gasteiger partial charge in [0.2, 0.25) is 0 Å². The van der Waals surface area contributed by atoms with E-state index in [0.717, 1.165) is 12.5 Å². The fraction of sp³-hybridized carbons (Fsp3) is 1.00. The summed E-state index contributed by atoms with van der Waals surface area (Å²) in [6.07, 6.45) is 5.41. The minimum absolute atomic E-state index is 0.487. The first kappa shape index (κ1) is 14.0. The smallest absolute Gasteiger partial charge is 0.0613 e. The summed E-state index contributed by atoms with van der Waals surface area (Å²) in [6, 6.07) is 1.20. The van der Waals surface area contributed by atoms with Crippen LogP contribution in [-0.2, 0) is 4.74 Å². The van der Waals surface area contributed by atoms with E-state index in [1.165, 1.54) is 25.7 Å². The maximum Gasteiger partial charge on any atom is 0.0613 e. The summed E-state index contributed by atoms with van der Waals surface area (Å²) < 4.78 is 5.16. The molecule has 1 rings (SSSR count). The average Bonchev–Trinajstić information content (AvgIpc) is 2.17. The number of hydrogen-bond acceptors (Lipinski definition) is 2. The number of ether oxygens (including phenoxy) is 1. The Morgan fingerprint density at radius 1 is 1.19 bits per heavy atom. The van der Waals surface area contributed by atoms with Crippen molar-refractivity contribution >= 4 is 0 Å². The highest BCUT2D eigenvalue weighted by atomic mass is 16.5. The fourth-order valence-corrected chi connectivity index (χ4v) is 2.83. The lowest BCUT2D eigenvalue weighted by atomic mass is 9.71. The van der Waals surface area contributed by atoms with Gasteiger partial charge in [-0.3, -0.25) is 0 Å². The van der Waals surface area contributed by atoms with E-state index in [2.05, 4.69) is 33.0 Å². The molecular weight excluding hydrogens is 198 g/mol. The molecule has 0 aromatic heterocycles. The van der Waals surface area contributed by atoms with Crippen LogP contribution in [0.4, 0.5) is 0 Å². The SMILES string of the molecule is COCC(C)NC1CCC(C(C)(C)C)CC1. The molecule has 96 valence electrons. The third-order valence-corrected chi connectivity index (χ3v) is 3.89. The lowest BCUT2D eigenvalue weighted by Crippen LogP contribution is -2.42. The summed E-state index contributed by atoms with van der Waals surface area (Å²) in [5.74, 6) is 0.906. The Kier molecular flexibility index (Phi) is 5.26. The van der Waals surface area contributed by atoms with Crippen molar-refractivity contribution in [1.29, 1.82) is 0 Å². The number of rotatable bonds is 4. The zero-order valence-electron chi connectivity index (χ0n) is 11.7. The fourth-order valence-electron chi connectivity index (χ4n) is 2.83. The van der Waals surface area contributed by atoms with Gasteiger partial charge in [-0.05, 0) is 43.9 Å². The molecule has 0 heterocycles. The molecule has 2 heteroatoms. The summed E-state index contributed by atoms with van der Waals surface area (Å²) in [5.41, 5.74) is 0.489. The first-order valence-electron chi connectivity index (χ1n) is 6.68. The Bertz CT molecular complexity index is 189. The molecule has 1 fully saturated rings. The van der Waals surface area contributed by atoms with Gasteiger partial charge in [0.1, 0.15) is 0 Å². The molecule has 1 aliphatic carbocycles. The molecule has 0 amide bonds. The first-order valence-corrected chi connectivity index (χ1v) is 6.68. The van der Waals surface area contributed by atoms with E-state index in [-0.39, 0.29) is 0 Å². The van der Waals surface area contributed by atoms with Gasteiger partial charge in [-0.1, -0.05) is 20.8 Å². The second kappa shape index (κ2) is 6.02. The van der Waals surface area contributed by atoms with Crippen LogP contribution in [0.5, 0.6) is 0 Å². The first-order chi connectivity index (χ1) is 7.43. The van der Waals surface area contributed by atoms with Crippen LogP contribution in [0.2, 0.25) is 0 Å². The van der Waals surface area contributed by atoms with Crippen LogP contribution in [0.1, 0.15) is 53.4 Å². The average molecular weight is 227 g/mol. The summed E-state index contributed by atoms with van der Waals surface area (Å²) >= 11 is 0. The maximum atomic E-state index is 5.16. The van der Waals surface area contributed by atoms with E-state index in [1.54, 1.807) is 7.11 Å². The third-order valence-electron chi connectivity index (χ3n) is 3.89. The van der Waals surface area contributed by atoms with E-state index in [1.807, 2.05) is 0 Å². The third kappa shape index (κ3) is 4.42. The van der Waals surface area contributed by atoms with Crippen LogP contribution in [0, 0.1) is 11.3 Å². The molecule has 0 saturated heterocycles. The van der Waals surface area contributed by atoms with Crippen molar-refractivity contribution in [1.82, 2.24) is 5.32 Å². The molecule has 1 saturated carbocycles. The summed E-state index contributed by atoms with van der Waals surface area (Å²) in [6.45, 7) is 10.1. The van der Waals surface area contributed by atoms with Gasteiger partial charge in [0.05, 0.1) is 6.61 Å². The Balaban J connectivity index is 2.27. The number of hydrogen-bond donors (Lipinski definition) is 1. The predicted octanol–water partition coefficient (Wildman–Crippen LogP) is 3.22. The molecule has 0 radical (unpaired) electrons. The van der Waals surface area contributed by atoms with Gasteiger partial charge >= 0.3 is 0 Å². The van der Waals surface area contributed by atoms with Crippen molar-refractivity contribution in [3.8, 4) is 0 Å². The van der Waals surface area contributed by atoms with Crippen LogP contribution in [-0.4, -0.2) is 25.8 Å². The largest absolute Gasteiger partial charge is 0.383 e. The molecule has 16 heavy (non-hydrogen) atoms. The van der Waals surface area contributed by atoms with Crippen molar-refractivity contribution in [3.05, 3.63) is 0 Å². The minimum Gasteiger partial charge on any atom is -0.383 e. The molecule has 0 spiro atoms. The van der Waals surface area contributed by atoms with Gasteiger partial charge < -0.3 is 10.1 Å². The summed E-state index contributed by atoms with van der Waals surface area (Å²) in [4.78, 5) is 0. The highest BCUT2D eigenvalue weighted by Gasteiger charge is 2.29. The van der Waals surface area contributed by atoms with E-state index in [0.29, 0.717) is 17.5 Å². The van der Waals surface area contributed by atoms with Gasteiger partial charge in [-0.15, -0.1) is 0 Å². The molecule has 2 nitrogen and oxygen atoms in total. The molecule has 1 aliphatic rings. The lowest BCUT2D eigenvalue weighted by molar-refractivity contribution is 0.135. The van der Waals surface area contributed by atoms with Crippen molar-refractivity contribution in [2.75, 3.05) is 13.7 Å².